The molecule has 0 amide bonds. The first-order chi connectivity index (χ1) is 12.9. The molecule has 1 saturated carbocycles. The number of piperidine rings is 1. The molecule has 0 aromatic heterocycles. The highest BCUT2D eigenvalue weighted by molar-refractivity contribution is 5.72. The van der Waals surface area contributed by atoms with E-state index in [2.05, 4.69) is 4.90 Å². The number of likely N-dealkylation sites (tertiary alicyclic amines) is 1. The van der Waals surface area contributed by atoms with Crippen LogP contribution in [0.2, 0.25) is 0 Å². The summed E-state index contributed by atoms with van der Waals surface area (Å²) in [5, 5.41) is 0. The molecule has 27 heavy (non-hydrogen) atoms. The lowest BCUT2D eigenvalue weighted by Gasteiger charge is -2.43. The average Bonchev–Trinajstić information content (AvgIpc) is 2.68. The average molecular weight is 383 g/mol. The van der Waals surface area contributed by atoms with Gasteiger partial charge in [0.15, 0.2) is 0 Å². The smallest absolute Gasteiger partial charge is 0.416 e. The fourth-order valence-electron chi connectivity index (χ4n) is 4.58. The molecule has 6 heteroatoms. The topological polar surface area (TPSA) is 29.5 Å². The monoisotopic (exact) mass is 383 g/mol. The fraction of sp³-hybridized carbons (Fsp3) is 0.667. The lowest BCUT2D eigenvalue weighted by molar-refractivity contribution is -0.150. The maximum absolute atomic E-state index is 12.8. The second kappa shape index (κ2) is 8.63. The lowest BCUT2D eigenvalue weighted by atomic mass is 9.78. The number of hydrogen-bond donors (Lipinski definition) is 0. The van der Waals surface area contributed by atoms with Gasteiger partial charge in [-0.05, 0) is 69.3 Å². The summed E-state index contributed by atoms with van der Waals surface area (Å²) < 4.78 is 43.7. The molecule has 0 unspecified atom stereocenters. The van der Waals surface area contributed by atoms with Gasteiger partial charge in [0, 0.05) is 6.04 Å². The Bertz CT molecular complexity index is 621. The van der Waals surface area contributed by atoms with Crippen LogP contribution in [0.4, 0.5) is 13.2 Å². The van der Waals surface area contributed by atoms with Gasteiger partial charge >= 0.3 is 12.1 Å². The highest BCUT2D eigenvalue weighted by Gasteiger charge is 2.36. The number of nitrogens with zero attached hydrogens (tertiary/aromatic N) is 1. The molecule has 1 aromatic rings. The van der Waals surface area contributed by atoms with Crippen molar-refractivity contribution in [1.82, 2.24) is 4.90 Å². The standard InChI is InChI=1S/C21H28F3NO2/c1-2-27-20(26)16-11-13-25(14-12-16)19-6-4-3-5-18(19)15-7-9-17(10-8-15)21(22,23)24/h7-10,16,18-19H,2-6,11-14H2,1H3/t18-,19-/m1/s1. The van der Waals surface area contributed by atoms with E-state index in [4.69, 9.17) is 4.74 Å². The van der Waals surface area contributed by atoms with Crippen LogP contribution in [-0.4, -0.2) is 36.6 Å². The van der Waals surface area contributed by atoms with E-state index in [9.17, 15) is 18.0 Å². The van der Waals surface area contributed by atoms with E-state index in [1.807, 2.05) is 6.92 Å². The molecule has 0 radical (unpaired) electrons. The van der Waals surface area contributed by atoms with Crippen molar-refractivity contribution in [2.75, 3.05) is 19.7 Å². The first kappa shape index (κ1) is 20.2. The van der Waals surface area contributed by atoms with Crippen LogP contribution in [0.15, 0.2) is 24.3 Å². The molecule has 2 aliphatic rings. The van der Waals surface area contributed by atoms with Crippen LogP contribution in [-0.2, 0) is 15.7 Å². The number of esters is 1. The number of benzene rings is 1. The van der Waals surface area contributed by atoms with E-state index in [1.165, 1.54) is 12.1 Å². The van der Waals surface area contributed by atoms with Gasteiger partial charge in [-0.1, -0.05) is 25.0 Å². The molecule has 1 aliphatic carbocycles. The van der Waals surface area contributed by atoms with Gasteiger partial charge in [0.2, 0.25) is 0 Å². The van der Waals surface area contributed by atoms with Gasteiger partial charge in [0.25, 0.3) is 0 Å². The summed E-state index contributed by atoms with van der Waals surface area (Å²) >= 11 is 0. The zero-order chi connectivity index (χ0) is 19.4. The molecular weight excluding hydrogens is 355 g/mol. The van der Waals surface area contributed by atoms with Crippen molar-refractivity contribution in [1.29, 1.82) is 0 Å². The quantitative estimate of drug-likeness (QED) is 0.685. The van der Waals surface area contributed by atoms with Crippen LogP contribution in [0.1, 0.15) is 62.5 Å². The van der Waals surface area contributed by atoms with Crippen LogP contribution in [0, 0.1) is 5.92 Å². The molecule has 3 rings (SSSR count). The third-order valence-corrected chi connectivity index (χ3v) is 6.01. The summed E-state index contributed by atoms with van der Waals surface area (Å²) in [6, 6.07) is 6.05. The molecule has 0 bridgehead atoms. The number of ether oxygens (including phenoxy) is 1. The van der Waals surface area contributed by atoms with Crippen molar-refractivity contribution in [3.8, 4) is 0 Å². The van der Waals surface area contributed by atoms with Crippen LogP contribution in [0.5, 0.6) is 0 Å². The predicted octanol–water partition coefficient (Wildman–Crippen LogP) is 5.01. The minimum absolute atomic E-state index is 0.0192. The molecule has 1 aromatic carbocycles. The summed E-state index contributed by atoms with van der Waals surface area (Å²) in [6.07, 6.45) is 1.65. The van der Waals surface area contributed by atoms with E-state index in [1.54, 1.807) is 12.1 Å². The van der Waals surface area contributed by atoms with Gasteiger partial charge in [-0.2, -0.15) is 13.2 Å². The Labute approximate surface area is 158 Å². The minimum atomic E-state index is -4.29. The van der Waals surface area contributed by atoms with Gasteiger partial charge in [-0.25, -0.2) is 0 Å². The molecule has 0 N–H and O–H groups in total. The van der Waals surface area contributed by atoms with Crippen LogP contribution >= 0.6 is 0 Å². The minimum Gasteiger partial charge on any atom is -0.466 e. The normalized spacial score (nSPS) is 25.3. The third-order valence-electron chi connectivity index (χ3n) is 6.01. The molecule has 2 atom stereocenters. The number of rotatable bonds is 4. The number of carbonyl (C=O) groups excluding carboxylic acids is 1. The fourth-order valence-corrected chi connectivity index (χ4v) is 4.58. The predicted molar refractivity (Wildman–Crippen MR) is 97.4 cm³/mol. The molecule has 0 spiro atoms. The molecule has 150 valence electrons. The maximum atomic E-state index is 12.8. The van der Waals surface area contributed by atoms with Crippen molar-refractivity contribution < 1.29 is 22.7 Å². The Morgan fingerprint density at radius 1 is 1.07 bits per heavy atom. The largest absolute Gasteiger partial charge is 0.466 e. The van der Waals surface area contributed by atoms with Gasteiger partial charge < -0.3 is 4.74 Å². The van der Waals surface area contributed by atoms with Gasteiger partial charge in [-0.3, -0.25) is 9.69 Å². The van der Waals surface area contributed by atoms with E-state index in [0.717, 1.165) is 57.2 Å². The van der Waals surface area contributed by atoms with Gasteiger partial charge in [0.05, 0.1) is 18.1 Å². The SMILES string of the molecule is CCOC(=O)C1CCN([C@@H]2CCCC[C@@H]2c2ccc(C(F)(F)F)cc2)CC1. The van der Waals surface area contributed by atoms with Gasteiger partial charge in [-0.15, -0.1) is 0 Å². The van der Waals surface area contributed by atoms with E-state index < -0.39 is 11.7 Å². The summed E-state index contributed by atoms with van der Waals surface area (Å²) in [4.78, 5) is 14.4. The number of alkyl halides is 3. The van der Waals surface area contributed by atoms with Crippen molar-refractivity contribution in [2.24, 2.45) is 5.92 Å². The summed E-state index contributed by atoms with van der Waals surface area (Å²) in [5.74, 6) is 0.148. The maximum Gasteiger partial charge on any atom is 0.416 e. The Morgan fingerprint density at radius 2 is 1.70 bits per heavy atom. The first-order valence-electron chi connectivity index (χ1n) is 9.98. The second-order valence-corrected chi connectivity index (χ2v) is 7.64. The summed E-state index contributed by atoms with van der Waals surface area (Å²) in [7, 11) is 0. The van der Waals surface area contributed by atoms with Crippen molar-refractivity contribution >= 4 is 5.97 Å². The zero-order valence-corrected chi connectivity index (χ0v) is 15.8. The van der Waals surface area contributed by atoms with Crippen molar-refractivity contribution in [3.63, 3.8) is 0 Å². The van der Waals surface area contributed by atoms with Crippen LogP contribution < -0.4 is 0 Å². The molecular formula is C21H28F3NO2. The molecule has 1 heterocycles. The van der Waals surface area contributed by atoms with Crippen molar-refractivity contribution in [3.05, 3.63) is 35.4 Å². The molecule has 1 aliphatic heterocycles. The second-order valence-electron chi connectivity index (χ2n) is 7.64. The van der Waals surface area contributed by atoms with Gasteiger partial charge in [0.1, 0.15) is 0 Å². The van der Waals surface area contributed by atoms with E-state index >= 15 is 0 Å². The third kappa shape index (κ3) is 4.84. The Balaban J connectivity index is 1.67. The molecule has 3 nitrogen and oxygen atoms in total. The van der Waals surface area contributed by atoms with E-state index in [-0.39, 0.29) is 17.8 Å². The van der Waals surface area contributed by atoms with Crippen LogP contribution in [0.25, 0.3) is 0 Å². The van der Waals surface area contributed by atoms with Crippen molar-refractivity contribution in [2.45, 2.75) is 63.6 Å². The summed E-state index contributed by atoms with van der Waals surface area (Å²) in [6.45, 7) is 3.94. The highest BCUT2D eigenvalue weighted by atomic mass is 19.4. The summed E-state index contributed by atoms with van der Waals surface area (Å²) in [5.41, 5.74) is 0.411. The Hall–Kier alpha value is -1.56. The number of carbonyl (C=O) groups is 1. The Kier molecular flexibility index (Phi) is 6.45. The van der Waals surface area contributed by atoms with Crippen LogP contribution in [0.3, 0.4) is 0 Å². The zero-order valence-electron chi connectivity index (χ0n) is 15.8. The molecule has 1 saturated heterocycles. The number of halogens is 3. The highest BCUT2D eigenvalue weighted by Crippen LogP contribution is 2.39. The molecule has 2 fully saturated rings. The Morgan fingerprint density at radius 3 is 2.30 bits per heavy atom. The lowest BCUT2D eigenvalue weighted by Crippen LogP contribution is -2.46. The number of hydrogen-bond acceptors (Lipinski definition) is 3. The van der Waals surface area contributed by atoms with E-state index in [0.29, 0.717) is 12.6 Å². The first-order valence-corrected chi connectivity index (χ1v) is 9.98.